The minimum atomic E-state index is -0.0903. The number of H-pyrrole nitrogens is 1. The Morgan fingerprint density at radius 1 is 1.35 bits per heavy atom. The molecule has 3 rings (SSSR count). The first-order valence-electron chi connectivity index (χ1n) is 5.89. The van der Waals surface area contributed by atoms with Gasteiger partial charge in [0.25, 0.3) is 0 Å². The molecule has 4 nitrogen and oxygen atoms in total. The molecule has 2 heterocycles. The highest BCUT2D eigenvalue weighted by Crippen LogP contribution is 2.24. The molecule has 2 N–H and O–H groups in total. The lowest BCUT2D eigenvalue weighted by atomic mass is 10.1. The molecule has 5 heteroatoms. The number of imidazole rings is 1. The fraction of sp³-hybridized carbons (Fsp3) is 0.417. The second-order valence-corrected chi connectivity index (χ2v) is 4.81. The monoisotopic (exact) mass is 251 g/mol. The van der Waals surface area contributed by atoms with E-state index < -0.39 is 0 Å². The highest BCUT2D eigenvalue weighted by molar-refractivity contribution is 6.34. The van der Waals surface area contributed by atoms with Crippen LogP contribution in [0.15, 0.2) is 23.0 Å². The molecule has 0 spiro atoms. The first kappa shape index (κ1) is 10.9. The summed E-state index contributed by atoms with van der Waals surface area (Å²) in [4.78, 5) is 14.8. The van der Waals surface area contributed by atoms with E-state index in [-0.39, 0.29) is 11.9 Å². The molecule has 90 valence electrons. The molecule has 0 aliphatic carbocycles. The van der Waals surface area contributed by atoms with Crippen molar-refractivity contribution >= 4 is 22.6 Å². The van der Waals surface area contributed by atoms with Crippen LogP contribution in [0.25, 0.3) is 11.0 Å². The van der Waals surface area contributed by atoms with Crippen LogP contribution in [-0.4, -0.2) is 16.1 Å². The minimum Gasteiger partial charge on any atom is -0.304 e. The number of nitrogens with zero attached hydrogens (tertiary/aromatic N) is 1. The third-order valence-electron chi connectivity index (χ3n) is 3.30. The molecule has 1 fully saturated rings. The van der Waals surface area contributed by atoms with Crippen molar-refractivity contribution in [1.29, 1.82) is 0 Å². The zero-order valence-electron chi connectivity index (χ0n) is 9.37. The predicted molar refractivity (Wildman–Crippen MR) is 68.5 cm³/mol. The van der Waals surface area contributed by atoms with E-state index in [1.165, 1.54) is 6.42 Å². The van der Waals surface area contributed by atoms with Gasteiger partial charge in [-0.25, -0.2) is 4.79 Å². The largest absolute Gasteiger partial charge is 0.327 e. The molecule has 1 aliphatic rings. The Kier molecular flexibility index (Phi) is 2.68. The van der Waals surface area contributed by atoms with Gasteiger partial charge in [-0.1, -0.05) is 17.7 Å². The van der Waals surface area contributed by atoms with E-state index in [1.54, 1.807) is 10.6 Å². The van der Waals surface area contributed by atoms with E-state index in [0.29, 0.717) is 5.02 Å². The van der Waals surface area contributed by atoms with Gasteiger partial charge in [0.2, 0.25) is 0 Å². The van der Waals surface area contributed by atoms with Crippen molar-refractivity contribution in [2.75, 3.05) is 6.54 Å². The van der Waals surface area contributed by atoms with Crippen LogP contribution >= 0.6 is 11.6 Å². The third-order valence-corrected chi connectivity index (χ3v) is 3.61. The molecule has 17 heavy (non-hydrogen) atoms. The summed E-state index contributed by atoms with van der Waals surface area (Å²) in [5.41, 5.74) is 1.51. The van der Waals surface area contributed by atoms with E-state index >= 15 is 0 Å². The lowest BCUT2D eigenvalue weighted by Crippen LogP contribution is -2.36. The maximum atomic E-state index is 12.0. The average molecular weight is 252 g/mol. The van der Waals surface area contributed by atoms with Crippen molar-refractivity contribution in [2.24, 2.45) is 0 Å². The summed E-state index contributed by atoms with van der Waals surface area (Å²) in [5, 5.41) is 3.97. The van der Waals surface area contributed by atoms with Crippen molar-refractivity contribution in [1.82, 2.24) is 14.9 Å². The molecule has 0 amide bonds. The zero-order chi connectivity index (χ0) is 11.8. The number of nitrogens with one attached hydrogen (secondary N) is 2. The summed E-state index contributed by atoms with van der Waals surface area (Å²) < 4.78 is 1.78. The number of piperidine rings is 1. The Labute approximate surface area is 104 Å². The van der Waals surface area contributed by atoms with Crippen LogP contribution in [0, 0.1) is 0 Å². The highest BCUT2D eigenvalue weighted by atomic mass is 35.5. The van der Waals surface area contributed by atoms with Gasteiger partial charge < -0.3 is 4.98 Å². The molecule has 2 aromatic rings. The van der Waals surface area contributed by atoms with E-state index in [1.807, 2.05) is 12.1 Å². The minimum absolute atomic E-state index is 0.0865. The van der Waals surface area contributed by atoms with Gasteiger partial charge in [0.1, 0.15) is 0 Å². The molecule has 1 atom stereocenters. The average Bonchev–Trinajstić information content (AvgIpc) is 2.68. The molecule has 1 unspecified atom stereocenters. The van der Waals surface area contributed by atoms with Gasteiger partial charge in [-0.3, -0.25) is 9.88 Å². The maximum Gasteiger partial charge on any atom is 0.327 e. The molecule has 0 saturated carbocycles. The van der Waals surface area contributed by atoms with Crippen LogP contribution in [0.1, 0.15) is 25.4 Å². The topological polar surface area (TPSA) is 49.8 Å². The highest BCUT2D eigenvalue weighted by Gasteiger charge is 2.19. The Morgan fingerprint density at radius 3 is 3.00 bits per heavy atom. The van der Waals surface area contributed by atoms with Crippen molar-refractivity contribution in [3.05, 3.63) is 33.7 Å². The second-order valence-electron chi connectivity index (χ2n) is 4.40. The molecule has 0 radical (unpaired) electrons. The van der Waals surface area contributed by atoms with E-state index in [2.05, 4.69) is 10.3 Å². The van der Waals surface area contributed by atoms with Gasteiger partial charge in [-0.2, -0.15) is 0 Å². The molecule has 1 aromatic carbocycles. The smallest absolute Gasteiger partial charge is 0.304 e. The van der Waals surface area contributed by atoms with Gasteiger partial charge in [-0.15, -0.1) is 0 Å². The number of aromatic nitrogens is 2. The first-order valence-corrected chi connectivity index (χ1v) is 6.27. The Balaban J connectivity index is 2.18. The maximum absolute atomic E-state index is 12.0. The fourth-order valence-corrected chi connectivity index (χ4v) is 2.69. The SMILES string of the molecule is O=c1[nH]c2c(Cl)cccc2n1C1CCCCN1. The van der Waals surface area contributed by atoms with Gasteiger partial charge in [0.05, 0.1) is 22.2 Å². The van der Waals surface area contributed by atoms with Gasteiger partial charge in [-0.05, 0) is 37.9 Å². The van der Waals surface area contributed by atoms with Gasteiger partial charge in [0, 0.05) is 0 Å². The normalized spacial score (nSPS) is 20.9. The predicted octanol–water partition coefficient (Wildman–Crippen LogP) is 2.26. The quantitative estimate of drug-likeness (QED) is 0.817. The van der Waals surface area contributed by atoms with E-state index in [0.717, 1.165) is 30.4 Å². The van der Waals surface area contributed by atoms with Gasteiger partial charge in [0.15, 0.2) is 0 Å². The van der Waals surface area contributed by atoms with Crippen LogP contribution in [0.2, 0.25) is 5.02 Å². The summed E-state index contributed by atoms with van der Waals surface area (Å²) in [6, 6.07) is 5.59. The summed E-state index contributed by atoms with van der Waals surface area (Å²) in [6.07, 6.45) is 3.40. The summed E-state index contributed by atoms with van der Waals surface area (Å²) >= 11 is 6.08. The van der Waals surface area contributed by atoms with Crippen LogP contribution < -0.4 is 11.0 Å². The fourth-order valence-electron chi connectivity index (χ4n) is 2.48. The lowest BCUT2D eigenvalue weighted by Gasteiger charge is -2.24. The Bertz CT molecular complexity index is 595. The van der Waals surface area contributed by atoms with E-state index in [4.69, 9.17) is 11.6 Å². The van der Waals surface area contributed by atoms with Crippen molar-refractivity contribution in [3.63, 3.8) is 0 Å². The number of hydrogen-bond acceptors (Lipinski definition) is 2. The number of rotatable bonds is 1. The van der Waals surface area contributed by atoms with Crippen molar-refractivity contribution in [2.45, 2.75) is 25.4 Å². The number of halogens is 1. The molecule has 1 aromatic heterocycles. The molecular formula is C12H14ClN3O. The number of aromatic amines is 1. The zero-order valence-corrected chi connectivity index (χ0v) is 10.1. The summed E-state index contributed by atoms with van der Waals surface area (Å²) in [6.45, 7) is 0.963. The number of hydrogen-bond donors (Lipinski definition) is 2. The first-order chi connectivity index (χ1) is 8.27. The van der Waals surface area contributed by atoms with Crippen molar-refractivity contribution < 1.29 is 0 Å². The van der Waals surface area contributed by atoms with Gasteiger partial charge >= 0.3 is 5.69 Å². The Hall–Kier alpha value is -1.26. The molecular weight excluding hydrogens is 238 g/mol. The summed E-state index contributed by atoms with van der Waals surface area (Å²) in [7, 11) is 0. The van der Waals surface area contributed by atoms with Crippen molar-refractivity contribution in [3.8, 4) is 0 Å². The standard InChI is InChI=1S/C12H14ClN3O/c13-8-4-3-5-9-11(8)15-12(17)16(9)10-6-1-2-7-14-10/h3-5,10,14H,1-2,6-7H2,(H,15,17). The Morgan fingerprint density at radius 2 is 2.24 bits per heavy atom. The van der Waals surface area contributed by atoms with Crippen LogP contribution in [0.3, 0.4) is 0 Å². The van der Waals surface area contributed by atoms with Crippen LogP contribution in [-0.2, 0) is 0 Å². The number of para-hydroxylation sites is 1. The second kappa shape index (κ2) is 4.20. The third kappa shape index (κ3) is 1.77. The molecule has 1 aliphatic heterocycles. The van der Waals surface area contributed by atoms with Crippen LogP contribution in [0.4, 0.5) is 0 Å². The van der Waals surface area contributed by atoms with Crippen LogP contribution in [0.5, 0.6) is 0 Å². The lowest BCUT2D eigenvalue weighted by molar-refractivity contribution is 0.321. The number of fused-ring (bicyclic) bond motifs is 1. The molecule has 0 bridgehead atoms. The molecule has 1 saturated heterocycles. The van der Waals surface area contributed by atoms with E-state index in [9.17, 15) is 4.79 Å². The summed E-state index contributed by atoms with van der Waals surface area (Å²) in [5.74, 6) is 0. The number of benzene rings is 1.